The minimum absolute atomic E-state index is 0. The molecule has 7 heteroatoms. The van der Waals surface area contributed by atoms with E-state index in [4.69, 9.17) is 0 Å². The molecule has 0 saturated heterocycles. The maximum Gasteiger partial charge on any atom is 0.247 e. The summed E-state index contributed by atoms with van der Waals surface area (Å²) in [6, 6.07) is 3.15. The van der Waals surface area contributed by atoms with Gasteiger partial charge in [0.15, 0.2) is 0 Å². The first-order chi connectivity index (χ1) is 7.72. The van der Waals surface area contributed by atoms with Gasteiger partial charge in [0, 0.05) is 25.2 Å². The molecule has 0 fully saturated rings. The van der Waals surface area contributed by atoms with E-state index in [1.54, 1.807) is 12.3 Å². The third-order valence-corrected chi connectivity index (χ3v) is 2.17. The lowest BCUT2D eigenvalue weighted by atomic mass is 10.2. The molecule has 1 aromatic rings. The lowest BCUT2D eigenvalue weighted by Gasteiger charge is -2.04. The summed E-state index contributed by atoms with van der Waals surface area (Å²) < 4.78 is 0. The second kappa shape index (κ2) is 11.1. The highest BCUT2D eigenvalue weighted by molar-refractivity contribution is 5.85. The fourth-order valence-electron chi connectivity index (χ4n) is 1.27. The molecule has 0 aliphatic carbocycles. The van der Waals surface area contributed by atoms with E-state index in [1.807, 2.05) is 7.05 Å². The van der Waals surface area contributed by atoms with Crippen LogP contribution in [-0.4, -0.2) is 24.5 Å². The van der Waals surface area contributed by atoms with Crippen LogP contribution >= 0.6 is 24.8 Å². The first-order valence-electron chi connectivity index (χ1n) is 5.31. The normalized spacial score (nSPS) is 8.94. The lowest BCUT2D eigenvalue weighted by molar-refractivity contribution is -0.121. The molecule has 18 heavy (non-hydrogen) atoms. The van der Waals surface area contributed by atoms with Crippen molar-refractivity contribution >= 4 is 30.7 Å². The molecule has 104 valence electrons. The minimum atomic E-state index is -0.135. The zero-order chi connectivity index (χ0) is 11.8. The third kappa shape index (κ3) is 8.11. The molecular formula is C11H19Cl2N3O2. The van der Waals surface area contributed by atoms with Gasteiger partial charge in [-0.15, -0.1) is 24.8 Å². The quantitative estimate of drug-likeness (QED) is 0.681. The van der Waals surface area contributed by atoms with E-state index in [-0.39, 0.29) is 36.3 Å². The number of H-pyrrole nitrogens is 1. The highest BCUT2D eigenvalue weighted by Gasteiger charge is 2.00. The predicted molar refractivity (Wildman–Crippen MR) is 76.6 cm³/mol. The molecule has 1 amide bonds. The van der Waals surface area contributed by atoms with Crippen LogP contribution in [0.1, 0.15) is 18.4 Å². The maximum absolute atomic E-state index is 11.3. The van der Waals surface area contributed by atoms with Crippen LogP contribution in [0.2, 0.25) is 0 Å². The molecule has 0 unspecified atom stereocenters. The van der Waals surface area contributed by atoms with E-state index in [9.17, 15) is 9.59 Å². The molecule has 0 aliphatic rings. The van der Waals surface area contributed by atoms with Crippen LogP contribution in [0, 0.1) is 0 Å². The fraction of sp³-hybridized carbons (Fsp3) is 0.455. The Labute approximate surface area is 119 Å². The molecule has 0 aromatic carbocycles. The van der Waals surface area contributed by atoms with E-state index >= 15 is 0 Å². The first-order valence-corrected chi connectivity index (χ1v) is 5.31. The van der Waals surface area contributed by atoms with Gasteiger partial charge in [-0.2, -0.15) is 0 Å². The Kier molecular flexibility index (Phi) is 11.9. The predicted octanol–water partition coefficient (Wildman–Crippen LogP) is 0.834. The molecule has 1 rings (SSSR count). The number of aromatic nitrogens is 1. The van der Waals surface area contributed by atoms with E-state index in [1.165, 1.54) is 6.07 Å². The van der Waals surface area contributed by atoms with Crippen molar-refractivity contribution in [3.63, 3.8) is 0 Å². The van der Waals surface area contributed by atoms with Crippen LogP contribution in [0.15, 0.2) is 23.1 Å². The van der Waals surface area contributed by atoms with Gasteiger partial charge in [0.1, 0.15) is 0 Å². The van der Waals surface area contributed by atoms with Crippen molar-refractivity contribution in [2.75, 3.05) is 13.6 Å². The van der Waals surface area contributed by atoms with Crippen molar-refractivity contribution in [2.45, 2.75) is 19.4 Å². The van der Waals surface area contributed by atoms with Crippen LogP contribution in [0.5, 0.6) is 0 Å². The smallest absolute Gasteiger partial charge is 0.247 e. The Balaban J connectivity index is 0. The Morgan fingerprint density at radius 2 is 2.06 bits per heavy atom. The largest absolute Gasteiger partial charge is 0.352 e. The average molecular weight is 296 g/mol. The van der Waals surface area contributed by atoms with Gasteiger partial charge in [0.25, 0.3) is 0 Å². The Morgan fingerprint density at radius 3 is 2.61 bits per heavy atom. The monoisotopic (exact) mass is 295 g/mol. The SMILES string of the molecule is CNCCCC(=O)NCc1ccc(=O)[nH]c1.Cl.Cl. The average Bonchev–Trinajstić information content (AvgIpc) is 2.29. The number of hydrogen-bond donors (Lipinski definition) is 3. The van der Waals surface area contributed by atoms with Crippen molar-refractivity contribution in [1.29, 1.82) is 0 Å². The van der Waals surface area contributed by atoms with Crippen molar-refractivity contribution < 1.29 is 4.79 Å². The van der Waals surface area contributed by atoms with Crippen LogP contribution in [0.4, 0.5) is 0 Å². The van der Waals surface area contributed by atoms with Crippen LogP contribution in [0.25, 0.3) is 0 Å². The second-order valence-corrected chi connectivity index (χ2v) is 3.55. The summed E-state index contributed by atoms with van der Waals surface area (Å²) in [6.07, 6.45) is 2.95. The van der Waals surface area contributed by atoms with Gasteiger partial charge in [0.2, 0.25) is 11.5 Å². The molecule has 0 atom stereocenters. The van der Waals surface area contributed by atoms with Crippen molar-refractivity contribution in [2.24, 2.45) is 0 Å². The second-order valence-electron chi connectivity index (χ2n) is 3.55. The topological polar surface area (TPSA) is 74.0 Å². The van der Waals surface area contributed by atoms with E-state index < -0.39 is 0 Å². The number of pyridine rings is 1. The molecular weight excluding hydrogens is 277 g/mol. The highest BCUT2D eigenvalue weighted by atomic mass is 35.5. The third-order valence-electron chi connectivity index (χ3n) is 2.17. The zero-order valence-corrected chi connectivity index (χ0v) is 11.8. The van der Waals surface area contributed by atoms with Gasteiger partial charge in [-0.3, -0.25) is 9.59 Å². The highest BCUT2D eigenvalue weighted by Crippen LogP contribution is 1.93. The van der Waals surface area contributed by atoms with Crippen molar-refractivity contribution in [3.05, 3.63) is 34.2 Å². The number of halogens is 2. The molecule has 3 N–H and O–H groups in total. The number of nitrogens with one attached hydrogen (secondary N) is 3. The van der Waals surface area contributed by atoms with Crippen molar-refractivity contribution in [1.82, 2.24) is 15.6 Å². The molecule has 5 nitrogen and oxygen atoms in total. The molecule has 0 spiro atoms. The fourth-order valence-corrected chi connectivity index (χ4v) is 1.27. The molecule has 0 radical (unpaired) electrons. The van der Waals surface area contributed by atoms with Crippen LogP contribution < -0.4 is 16.2 Å². The standard InChI is InChI=1S/C11H17N3O2.2ClH/c1-12-6-2-3-10(15)13-7-9-4-5-11(16)14-8-9;;/h4-5,8,12H,2-3,6-7H2,1H3,(H,13,15)(H,14,16);2*1H. The van der Waals surface area contributed by atoms with Crippen LogP contribution in [0.3, 0.4) is 0 Å². The Hall–Kier alpha value is -1.04. The number of hydrogen-bond acceptors (Lipinski definition) is 3. The van der Waals surface area contributed by atoms with Gasteiger partial charge in [-0.1, -0.05) is 6.07 Å². The van der Waals surface area contributed by atoms with Gasteiger partial charge in [-0.25, -0.2) is 0 Å². The molecule has 0 aliphatic heterocycles. The Bertz CT molecular complexity index is 376. The van der Waals surface area contributed by atoms with Gasteiger partial charge >= 0.3 is 0 Å². The van der Waals surface area contributed by atoms with Gasteiger partial charge < -0.3 is 15.6 Å². The summed E-state index contributed by atoms with van der Waals surface area (Å²) in [5, 5.41) is 5.77. The van der Waals surface area contributed by atoms with Gasteiger partial charge in [0.05, 0.1) is 0 Å². The van der Waals surface area contributed by atoms with Gasteiger partial charge in [-0.05, 0) is 25.6 Å². The molecule has 1 aromatic heterocycles. The minimum Gasteiger partial charge on any atom is -0.352 e. The molecule has 0 bridgehead atoms. The number of amides is 1. The number of carbonyl (C=O) groups excluding carboxylic acids is 1. The first kappa shape index (κ1) is 19.3. The zero-order valence-electron chi connectivity index (χ0n) is 10.2. The van der Waals surface area contributed by atoms with E-state index in [0.29, 0.717) is 13.0 Å². The summed E-state index contributed by atoms with van der Waals surface area (Å²) in [5.41, 5.74) is 0.755. The molecule has 1 heterocycles. The van der Waals surface area contributed by atoms with Crippen LogP contribution in [-0.2, 0) is 11.3 Å². The summed E-state index contributed by atoms with van der Waals surface area (Å²) in [7, 11) is 1.86. The van der Waals surface area contributed by atoms with E-state index in [2.05, 4.69) is 15.6 Å². The summed E-state index contributed by atoms with van der Waals surface area (Å²) in [4.78, 5) is 24.7. The summed E-state index contributed by atoms with van der Waals surface area (Å²) in [5.74, 6) is 0.0291. The lowest BCUT2D eigenvalue weighted by Crippen LogP contribution is -2.24. The number of rotatable bonds is 6. The summed E-state index contributed by atoms with van der Waals surface area (Å²) in [6.45, 7) is 1.29. The Morgan fingerprint density at radius 1 is 1.33 bits per heavy atom. The summed E-state index contributed by atoms with van der Waals surface area (Å²) >= 11 is 0. The van der Waals surface area contributed by atoms with Crippen molar-refractivity contribution in [3.8, 4) is 0 Å². The molecule has 0 saturated carbocycles. The maximum atomic E-state index is 11.3. The number of carbonyl (C=O) groups is 1. The van der Waals surface area contributed by atoms with E-state index in [0.717, 1.165) is 18.5 Å². The number of aromatic amines is 1.